The van der Waals surface area contributed by atoms with Crippen LogP contribution in [0, 0.1) is 0 Å². The van der Waals surface area contributed by atoms with E-state index in [-0.39, 0.29) is 29.5 Å². The summed E-state index contributed by atoms with van der Waals surface area (Å²) in [5.41, 5.74) is -0.0476. The maximum Gasteiger partial charge on any atom is 0.206 e. The third-order valence-corrected chi connectivity index (χ3v) is 1.79. The minimum absolute atomic E-state index is 0. The summed E-state index contributed by atoms with van der Waals surface area (Å²) >= 11 is 0. The molecule has 0 amide bonds. The number of nitrogens with zero attached hydrogens (tertiary/aromatic N) is 5. The van der Waals surface area contributed by atoms with Crippen molar-refractivity contribution in [2.24, 2.45) is 0 Å². The van der Waals surface area contributed by atoms with Gasteiger partial charge in [-0.15, -0.1) is 5.10 Å². The first-order chi connectivity index (χ1) is 6.20. The van der Waals surface area contributed by atoms with Gasteiger partial charge in [0.05, 0.1) is 26.7 Å². The zero-order chi connectivity index (χ0) is 11.0. The first kappa shape index (κ1) is 14.8. The fraction of sp³-hybridized carbons (Fsp3) is 0.889. The summed E-state index contributed by atoms with van der Waals surface area (Å²) in [7, 11) is 6.38. The lowest BCUT2D eigenvalue weighted by Crippen LogP contribution is -3.00. The standard InChI is InChI=1S/C9H20N5.HI/c1-9(2,3)13-8(10-11-12-13)7-14(4,5)6;/h7H2,1-6H3;1H/q+1;/p-1. The Balaban J connectivity index is 0.00000196. The van der Waals surface area contributed by atoms with E-state index in [9.17, 15) is 0 Å². The lowest BCUT2D eigenvalue weighted by molar-refractivity contribution is -0.884. The van der Waals surface area contributed by atoms with Gasteiger partial charge in [0, 0.05) is 0 Å². The lowest BCUT2D eigenvalue weighted by atomic mass is 10.1. The number of aromatic nitrogens is 4. The Morgan fingerprint density at radius 1 is 1.20 bits per heavy atom. The monoisotopic (exact) mass is 325 g/mol. The Morgan fingerprint density at radius 2 is 1.73 bits per heavy atom. The van der Waals surface area contributed by atoms with Crippen molar-refractivity contribution in [3.8, 4) is 0 Å². The Kier molecular flexibility index (Phi) is 4.66. The highest BCUT2D eigenvalue weighted by Crippen LogP contribution is 2.14. The number of hydrogen-bond acceptors (Lipinski definition) is 3. The largest absolute Gasteiger partial charge is 1.00 e. The van der Waals surface area contributed by atoms with Crippen molar-refractivity contribution in [3.05, 3.63) is 5.82 Å². The van der Waals surface area contributed by atoms with Gasteiger partial charge in [-0.2, -0.15) is 0 Å². The van der Waals surface area contributed by atoms with Crippen molar-refractivity contribution in [2.45, 2.75) is 32.9 Å². The highest BCUT2D eigenvalue weighted by molar-refractivity contribution is 4.84. The lowest BCUT2D eigenvalue weighted by Gasteiger charge is -2.25. The summed E-state index contributed by atoms with van der Waals surface area (Å²) in [4.78, 5) is 0. The number of halogens is 1. The average Bonchev–Trinajstić information content (AvgIpc) is 2.29. The van der Waals surface area contributed by atoms with Crippen LogP contribution in [-0.4, -0.2) is 45.8 Å². The number of quaternary nitrogens is 1. The van der Waals surface area contributed by atoms with Crippen molar-refractivity contribution in [3.63, 3.8) is 0 Å². The molecule has 0 aliphatic heterocycles. The van der Waals surface area contributed by atoms with Crippen LogP contribution in [0.25, 0.3) is 0 Å². The van der Waals surface area contributed by atoms with Crippen molar-refractivity contribution in [1.29, 1.82) is 0 Å². The number of tetrazole rings is 1. The topological polar surface area (TPSA) is 43.6 Å². The van der Waals surface area contributed by atoms with E-state index in [4.69, 9.17) is 0 Å². The quantitative estimate of drug-likeness (QED) is 0.451. The third kappa shape index (κ3) is 4.42. The van der Waals surface area contributed by atoms with Crippen LogP contribution < -0.4 is 24.0 Å². The summed E-state index contributed by atoms with van der Waals surface area (Å²) in [6.07, 6.45) is 0. The van der Waals surface area contributed by atoms with E-state index in [1.807, 2.05) is 4.68 Å². The smallest absolute Gasteiger partial charge is 0.206 e. The summed E-state index contributed by atoms with van der Waals surface area (Å²) in [5.74, 6) is 0.935. The van der Waals surface area contributed by atoms with Crippen LogP contribution in [0.1, 0.15) is 26.6 Å². The summed E-state index contributed by atoms with van der Waals surface area (Å²) < 4.78 is 2.72. The molecule has 0 saturated carbocycles. The first-order valence-electron chi connectivity index (χ1n) is 4.78. The van der Waals surface area contributed by atoms with E-state index in [1.165, 1.54) is 0 Å². The van der Waals surface area contributed by atoms with Crippen LogP contribution in [0.3, 0.4) is 0 Å². The van der Waals surface area contributed by atoms with E-state index < -0.39 is 0 Å². The Hall–Kier alpha value is -0.240. The van der Waals surface area contributed by atoms with Gasteiger partial charge in [0.2, 0.25) is 5.82 Å². The molecule has 0 fully saturated rings. The SMILES string of the molecule is CC(C)(C)n1nnnc1C[N+](C)(C)C.[I-]. The van der Waals surface area contributed by atoms with Gasteiger partial charge in [0.15, 0.2) is 0 Å². The molecule has 15 heavy (non-hydrogen) atoms. The van der Waals surface area contributed by atoms with Gasteiger partial charge in [-0.1, -0.05) is 0 Å². The molecule has 0 unspecified atom stereocenters. The molecule has 0 aliphatic carbocycles. The van der Waals surface area contributed by atoms with E-state index in [2.05, 4.69) is 57.4 Å². The van der Waals surface area contributed by atoms with Gasteiger partial charge in [0.25, 0.3) is 0 Å². The maximum atomic E-state index is 4.05. The van der Waals surface area contributed by atoms with Crippen molar-refractivity contribution < 1.29 is 28.5 Å². The molecule has 0 bridgehead atoms. The molecule has 1 aromatic heterocycles. The maximum absolute atomic E-state index is 4.05. The van der Waals surface area contributed by atoms with E-state index in [0.29, 0.717) is 0 Å². The zero-order valence-corrected chi connectivity index (χ0v) is 12.5. The van der Waals surface area contributed by atoms with E-state index >= 15 is 0 Å². The molecular formula is C9H20IN5. The molecule has 0 atom stereocenters. The molecule has 88 valence electrons. The van der Waals surface area contributed by atoms with Gasteiger partial charge in [-0.25, -0.2) is 4.68 Å². The first-order valence-corrected chi connectivity index (χ1v) is 4.78. The Bertz CT molecular complexity index is 307. The minimum Gasteiger partial charge on any atom is -1.00 e. The van der Waals surface area contributed by atoms with Crippen LogP contribution in [0.15, 0.2) is 0 Å². The second-order valence-electron chi connectivity index (χ2n) is 5.63. The molecule has 5 nitrogen and oxygen atoms in total. The van der Waals surface area contributed by atoms with Gasteiger partial charge >= 0.3 is 0 Å². The Labute approximate surface area is 108 Å². The molecule has 0 N–H and O–H groups in total. The van der Waals surface area contributed by atoms with Gasteiger partial charge in [-0.05, 0) is 31.2 Å². The highest BCUT2D eigenvalue weighted by atomic mass is 127. The highest BCUT2D eigenvalue weighted by Gasteiger charge is 2.23. The summed E-state index contributed by atoms with van der Waals surface area (Å²) in [6.45, 7) is 7.14. The van der Waals surface area contributed by atoms with Gasteiger partial charge in [-0.3, -0.25) is 0 Å². The van der Waals surface area contributed by atoms with Gasteiger partial charge < -0.3 is 28.5 Å². The number of hydrogen-bond donors (Lipinski definition) is 0. The second-order valence-corrected chi connectivity index (χ2v) is 5.63. The molecule has 0 radical (unpaired) electrons. The molecule has 1 aromatic rings. The molecule has 1 rings (SSSR count). The summed E-state index contributed by atoms with van der Waals surface area (Å²) in [5, 5.41) is 11.8. The fourth-order valence-corrected chi connectivity index (χ4v) is 1.25. The Morgan fingerprint density at radius 3 is 2.13 bits per heavy atom. The minimum atomic E-state index is -0.0476. The fourth-order valence-electron chi connectivity index (χ4n) is 1.25. The van der Waals surface area contributed by atoms with Crippen LogP contribution in [0.2, 0.25) is 0 Å². The molecule has 1 heterocycles. The normalized spacial score (nSPS) is 12.4. The van der Waals surface area contributed by atoms with E-state index in [1.54, 1.807) is 0 Å². The molecule has 0 aromatic carbocycles. The van der Waals surface area contributed by atoms with Crippen molar-refractivity contribution in [1.82, 2.24) is 20.2 Å². The van der Waals surface area contributed by atoms with Crippen molar-refractivity contribution in [2.75, 3.05) is 21.1 Å². The summed E-state index contributed by atoms with van der Waals surface area (Å²) in [6, 6.07) is 0. The molecule has 0 aliphatic rings. The average molecular weight is 325 g/mol. The third-order valence-electron chi connectivity index (χ3n) is 1.79. The molecule has 0 saturated heterocycles. The van der Waals surface area contributed by atoms with Crippen LogP contribution in [0.5, 0.6) is 0 Å². The number of rotatable bonds is 2. The zero-order valence-electron chi connectivity index (χ0n) is 10.3. The molecule has 6 heteroatoms. The predicted molar refractivity (Wildman–Crippen MR) is 54.5 cm³/mol. The van der Waals surface area contributed by atoms with Crippen LogP contribution in [0.4, 0.5) is 0 Å². The second kappa shape index (κ2) is 4.73. The van der Waals surface area contributed by atoms with Crippen molar-refractivity contribution >= 4 is 0 Å². The molecule has 0 spiro atoms. The predicted octanol–water partition coefficient (Wildman–Crippen LogP) is -2.36. The van der Waals surface area contributed by atoms with Gasteiger partial charge in [0.1, 0.15) is 6.54 Å². The molecular weight excluding hydrogens is 305 g/mol. The van der Waals surface area contributed by atoms with E-state index in [0.717, 1.165) is 16.9 Å². The van der Waals surface area contributed by atoms with Crippen LogP contribution in [-0.2, 0) is 12.1 Å². The van der Waals surface area contributed by atoms with Crippen LogP contribution >= 0.6 is 0 Å².